The Hall–Kier alpha value is -2.40. The summed E-state index contributed by atoms with van der Waals surface area (Å²) in [5.41, 5.74) is 3.22. The fraction of sp³-hybridized carbons (Fsp3) is 0.333. The lowest BCUT2D eigenvalue weighted by molar-refractivity contribution is 0.0394. The van der Waals surface area contributed by atoms with Crippen LogP contribution in [0.4, 0.5) is 5.82 Å². The van der Waals surface area contributed by atoms with Gasteiger partial charge in [0.1, 0.15) is 11.9 Å². The Morgan fingerprint density at radius 1 is 1.22 bits per heavy atom. The zero-order chi connectivity index (χ0) is 15.6. The summed E-state index contributed by atoms with van der Waals surface area (Å²) in [5.74, 6) is 1.10. The fourth-order valence-electron chi connectivity index (χ4n) is 3.08. The highest BCUT2D eigenvalue weighted by Gasteiger charge is 2.24. The first-order chi connectivity index (χ1) is 11.3. The summed E-state index contributed by atoms with van der Waals surface area (Å²) < 4.78 is 7.90. The number of nitrogens with zero attached hydrogens (tertiary/aromatic N) is 4. The van der Waals surface area contributed by atoms with Crippen LogP contribution in [-0.4, -0.2) is 34.3 Å². The summed E-state index contributed by atoms with van der Waals surface area (Å²) in [6, 6.07) is 14.5. The Kier molecular flexibility index (Phi) is 3.71. The molecular weight excluding hydrogens is 288 g/mol. The highest BCUT2D eigenvalue weighted by atomic mass is 16.5. The summed E-state index contributed by atoms with van der Waals surface area (Å²) in [6.07, 6.45) is 2.82. The third-order valence-electron chi connectivity index (χ3n) is 4.32. The van der Waals surface area contributed by atoms with Gasteiger partial charge in [-0.3, -0.25) is 0 Å². The SMILES string of the molecule is CCc1cc(N2CCOC(c3ccccc3)C2)n2nccc2n1. The van der Waals surface area contributed by atoms with E-state index in [1.54, 1.807) is 6.20 Å². The fourth-order valence-corrected chi connectivity index (χ4v) is 3.08. The summed E-state index contributed by atoms with van der Waals surface area (Å²) in [6.45, 7) is 4.54. The molecule has 23 heavy (non-hydrogen) atoms. The van der Waals surface area contributed by atoms with Gasteiger partial charge < -0.3 is 9.64 Å². The van der Waals surface area contributed by atoms with Gasteiger partial charge >= 0.3 is 0 Å². The zero-order valence-electron chi connectivity index (χ0n) is 13.2. The average Bonchev–Trinajstić information content (AvgIpc) is 3.10. The second-order valence-electron chi connectivity index (χ2n) is 5.78. The van der Waals surface area contributed by atoms with Crippen LogP contribution in [-0.2, 0) is 11.2 Å². The number of aromatic nitrogens is 3. The molecule has 0 N–H and O–H groups in total. The Labute approximate surface area is 135 Å². The van der Waals surface area contributed by atoms with E-state index in [1.807, 2.05) is 16.6 Å². The first-order valence-corrected chi connectivity index (χ1v) is 8.10. The van der Waals surface area contributed by atoms with Crippen molar-refractivity contribution in [2.75, 3.05) is 24.6 Å². The van der Waals surface area contributed by atoms with E-state index in [2.05, 4.69) is 52.2 Å². The molecular formula is C18H20N4O. The number of aryl methyl sites for hydroxylation is 1. The number of rotatable bonds is 3. The van der Waals surface area contributed by atoms with Crippen molar-refractivity contribution in [1.29, 1.82) is 0 Å². The van der Waals surface area contributed by atoms with E-state index in [4.69, 9.17) is 4.74 Å². The van der Waals surface area contributed by atoms with E-state index in [0.717, 1.165) is 36.7 Å². The maximum absolute atomic E-state index is 5.98. The molecule has 5 nitrogen and oxygen atoms in total. The van der Waals surface area contributed by atoms with Crippen LogP contribution in [0.5, 0.6) is 0 Å². The van der Waals surface area contributed by atoms with Crippen molar-refractivity contribution in [3.8, 4) is 0 Å². The molecule has 2 aromatic heterocycles. The van der Waals surface area contributed by atoms with E-state index < -0.39 is 0 Å². The van der Waals surface area contributed by atoms with Crippen LogP contribution >= 0.6 is 0 Å². The molecule has 5 heteroatoms. The van der Waals surface area contributed by atoms with Crippen LogP contribution in [0, 0.1) is 0 Å². The monoisotopic (exact) mass is 308 g/mol. The molecule has 1 aliphatic heterocycles. The third kappa shape index (κ3) is 2.68. The Bertz CT molecular complexity index is 799. The first kappa shape index (κ1) is 14.2. The second-order valence-corrected chi connectivity index (χ2v) is 5.78. The maximum atomic E-state index is 5.98. The minimum atomic E-state index is 0.0915. The van der Waals surface area contributed by atoms with Gasteiger partial charge in [0.05, 0.1) is 12.8 Å². The van der Waals surface area contributed by atoms with Gasteiger partial charge in [0.15, 0.2) is 5.65 Å². The van der Waals surface area contributed by atoms with Crippen molar-refractivity contribution in [3.05, 3.63) is 59.9 Å². The second kappa shape index (κ2) is 6.01. The minimum Gasteiger partial charge on any atom is -0.370 e. The molecule has 0 radical (unpaired) electrons. The highest BCUT2D eigenvalue weighted by molar-refractivity contribution is 5.51. The van der Waals surface area contributed by atoms with Gasteiger partial charge in [-0.1, -0.05) is 37.3 Å². The van der Waals surface area contributed by atoms with Crippen molar-refractivity contribution in [2.24, 2.45) is 0 Å². The normalized spacial score (nSPS) is 18.5. The summed E-state index contributed by atoms with van der Waals surface area (Å²) in [7, 11) is 0. The molecule has 0 bridgehead atoms. The van der Waals surface area contributed by atoms with E-state index >= 15 is 0 Å². The molecule has 1 aromatic carbocycles. The van der Waals surface area contributed by atoms with Crippen LogP contribution in [0.25, 0.3) is 5.65 Å². The topological polar surface area (TPSA) is 42.7 Å². The summed E-state index contributed by atoms with van der Waals surface area (Å²) in [4.78, 5) is 6.98. The zero-order valence-corrected chi connectivity index (χ0v) is 13.2. The molecule has 3 aromatic rings. The lowest BCUT2D eigenvalue weighted by Crippen LogP contribution is -2.39. The molecule has 0 aliphatic carbocycles. The number of ether oxygens (including phenoxy) is 1. The molecule has 1 aliphatic rings. The smallest absolute Gasteiger partial charge is 0.157 e. The molecule has 1 fully saturated rings. The number of hydrogen-bond donors (Lipinski definition) is 0. The lowest BCUT2D eigenvalue weighted by atomic mass is 10.1. The van der Waals surface area contributed by atoms with Gasteiger partial charge in [0.25, 0.3) is 0 Å². The Morgan fingerprint density at radius 2 is 2.09 bits per heavy atom. The predicted molar refractivity (Wildman–Crippen MR) is 89.7 cm³/mol. The molecule has 0 saturated carbocycles. The van der Waals surface area contributed by atoms with E-state index in [0.29, 0.717) is 6.61 Å². The van der Waals surface area contributed by atoms with Crippen molar-refractivity contribution < 1.29 is 4.74 Å². The summed E-state index contributed by atoms with van der Waals surface area (Å²) >= 11 is 0. The number of benzene rings is 1. The predicted octanol–water partition coefficient (Wildman–Crippen LogP) is 2.87. The van der Waals surface area contributed by atoms with Crippen molar-refractivity contribution in [3.63, 3.8) is 0 Å². The molecule has 1 unspecified atom stereocenters. The Balaban J connectivity index is 1.69. The average molecular weight is 308 g/mol. The minimum absolute atomic E-state index is 0.0915. The number of anilines is 1. The largest absolute Gasteiger partial charge is 0.370 e. The first-order valence-electron chi connectivity index (χ1n) is 8.10. The van der Waals surface area contributed by atoms with Crippen LogP contribution < -0.4 is 4.90 Å². The molecule has 1 atom stereocenters. The quantitative estimate of drug-likeness (QED) is 0.746. The lowest BCUT2D eigenvalue weighted by Gasteiger charge is -2.34. The van der Waals surface area contributed by atoms with E-state index in [9.17, 15) is 0 Å². The van der Waals surface area contributed by atoms with Gasteiger partial charge in [0, 0.05) is 30.9 Å². The molecule has 3 heterocycles. The van der Waals surface area contributed by atoms with E-state index in [1.165, 1.54) is 5.56 Å². The van der Waals surface area contributed by atoms with E-state index in [-0.39, 0.29) is 6.10 Å². The molecule has 1 saturated heterocycles. The molecule has 0 spiro atoms. The highest BCUT2D eigenvalue weighted by Crippen LogP contribution is 2.26. The van der Waals surface area contributed by atoms with Gasteiger partial charge in [-0.25, -0.2) is 4.98 Å². The number of fused-ring (bicyclic) bond motifs is 1. The van der Waals surface area contributed by atoms with Gasteiger partial charge in [-0.15, -0.1) is 0 Å². The van der Waals surface area contributed by atoms with Crippen molar-refractivity contribution >= 4 is 11.5 Å². The number of morpholine rings is 1. The molecule has 118 valence electrons. The van der Waals surface area contributed by atoms with Crippen LogP contribution in [0.2, 0.25) is 0 Å². The Morgan fingerprint density at radius 3 is 2.91 bits per heavy atom. The maximum Gasteiger partial charge on any atom is 0.157 e. The van der Waals surface area contributed by atoms with Gasteiger partial charge in [0.2, 0.25) is 0 Å². The van der Waals surface area contributed by atoms with Crippen LogP contribution in [0.1, 0.15) is 24.3 Å². The molecule has 0 amide bonds. The van der Waals surface area contributed by atoms with Crippen molar-refractivity contribution in [1.82, 2.24) is 14.6 Å². The van der Waals surface area contributed by atoms with Crippen LogP contribution in [0.15, 0.2) is 48.7 Å². The number of hydrogen-bond acceptors (Lipinski definition) is 4. The third-order valence-corrected chi connectivity index (χ3v) is 4.32. The summed E-state index contributed by atoms with van der Waals surface area (Å²) in [5, 5.41) is 4.44. The molecule has 4 rings (SSSR count). The van der Waals surface area contributed by atoms with Crippen molar-refractivity contribution in [2.45, 2.75) is 19.4 Å². The van der Waals surface area contributed by atoms with Gasteiger partial charge in [-0.2, -0.15) is 9.61 Å². The van der Waals surface area contributed by atoms with Crippen LogP contribution in [0.3, 0.4) is 0 Å². The van der Waals surface area contributed by atoms with Gasteiger partial charge in [-0.05, 0) is 12.0 Å². The standard InChI is InChI=1S/C18H20N4O/c1-2-15-12-18(22-17(20-15)8-9-19-22)21-10-11-23-16(13-21)14-6-4-3-5-7-14/h3-9,12,16H,2,10-11,13H2,1H3.